The number of benzene rings is 1. The molecule has 0 spiro atoms. The SMILES string of the molecule is CCCC(=O)N(Cc1ccccc1Cl)[C@@H](CC)C(=O)NC. The first kappa shape index (κ1) is 17.5. The van der Waals surface area contributed by atoms with Crippen LogP contribution in [0.3, 0.4) is 0 Å². The van der Waals surface area contributed by atoms with Gasteiger partial charge in [-0.05, 0) is 24.5 Å². The summed E-state index contributed by atoms with van der Waals surface area (Å²) in [7, 11) is 1.59. The Morgan fingerprint density at radius 2 is 1.95 bits per heavy atom. The smallest absolute Gasteiger partial charge is 0.242 e. The van der Waals surface area contributed by atoms with Gasteiger partial charge in [0.05, 0.1) is 0 Å². The highest BCUT2D eigenvalue weighted by Gasteiger charge is 2.27. The minimum Gasteiger partial charge on any atom is -0.357 e. The Kier molecular flexibility index (Phi) is 7.23. The molecular formula is C16H23ClN2O2. The van der Waals surface area contributed by atoms with Gasteiger partial charge in [0.25, 0.3) is 0 Å². The van der Waals surface area contributed by atoms with Crippen LogP contribution in [0.4, 0.5) is 0 Å². The molecule has 0 unspecified atom stereocenters. The number of likely N-dealkylation sites (N-methyl/N-ethyl adjacent to an activating group) is 1. The van der Waals surface area contributed by atoms with Gasteiger partial charge < -0.3 is 10.2 Å². The molecule has 1 rings (SSSR count). The third kappa shape index (κ3) is 4.74. The molecule has 0 aliphatic carbocycles. The van der Waals surface area contributed by atoms with E-state index in [2.05, 4.69) is 5.32 Å². The highest BCUT2D eigenvalue weighted by Crippen LogP contribution is 2.20. The van der Waals surface area contributed by atoms with Crippen LogP contribution in [0.25, 0.3) is 0 Å². The van der Waals surface area contributed by atoms with Crippen molar-refractivity contribution in [2.45, 2.75) is 45.7 Å². The molecular weight excluding hydrogens is 288 g/mol. The quantitative estimate of drug-likeness (QED) is 0.841. The Hall–Kier alpha value is -1.55. The fraction of sp³-hybridized carbons (Fsp3) is 0.500. The Balaban J connectivity index is 3.04. The van der Waals surface area contributed by atoms with Gasteiger partial charge in [0.15, 0.2) is 0 Å². The summed E-state index contributed by atoms with van der Waals surface area (Å²) in [6, 6.07) is 6.93. The largest absolute Gasteiger partial charge is 0.357 e. The van der Waals surface area contributed by atoms with Gasteiger partial charge in [-0.2, -0.15) is 0 Å². The van der Waals surface area contributed by atoms with Crippen LogP contribution in [0.15, 0.2) is 24.3 Å². The first-order chi connectivity index (χ1) is 10.0. The number of halogens is 1. The van der Waals surface area contributed by atoms with Gasteiger partial charge in [0.1, 0.15) is 6.04 Å². The zero-order valence-electron chi connectivity index (χ0n) is 12.9. The molecule has 0 bridgehead atoms. The predicted molar refractivity (Wildman–Crippen MR) is 85.1 cm³/mol. The zero-order chi connectivity index (χ0) is 15.8. The molecule has 1 aromatic carbocycles. The van der Waals surface area contributed by atoms with Crippen molar-refractivity contribution in [1.82, 2.24) is 10.2 Å². The lowest BCUT2D eigenvalue weighted by molar-refractivity contribution is -0.141. The second-order valence-electron chi connectivity index (χ2n) is 4.90. The molecule has 0 aliphatic heterocycles. The van der Waals surface area contributed by atoms with Crippen molar-refractivity contribution in [2.24, 2.45) is 0 Å². The van der Waals surface area contributed by atoms with Gasteiger partial charge in [-0.3, -0.25) is 9.59 Å². The summed E-state index contributed by atoms with van der Waals surface area (Å²) in [6.07, 6.45) is 1.75. The molecule has 21 heavy (non-hydrogen) atoms. The molecule has 1 N–H and O–H groups in total. The maximum absolute atomic E-state index is 12.4. The van der Waals surface area contributed by atoms with Crippen LogP contribution < -0.4 is 5.32 Å². The number of rotatable bonds is 7. The Bertz CT molecular complexity index is 491. The van der Waals surface area contributed by atoms with Crippen molar-refractivity contribution < 1.29 is 9.59 Å². The van der Waals surface area contributed by atoms with Crippen molar-refractivity contribution in [3.8, 4) is 0 Å². The first-order valence-corrected chi connectivity index (χ1v) is 7.67. The average Bonchev–Trinajstić information content (AvgIpc) is 2.48. The average molecular weight is 311 g/mol. The molecule has 0 heterocycles. The Morgan fingerprint density at radius 1 is 1.29 bits per heavy atom. The summed E-state index contributed by atoms with van der Waals surface area (Å²) < 4.78 is 0. The highest BCUT2D eigenvalue weighted by atomic mass is 35.5. The molecule has 0 fully saturated rings. The van der Waals surface area contributed by atoms with Gasteiger partial charge in [-0.1, -0.05) is 43.6 Å². The van der Waals surface area contributed by atoms with E-state index in [1.54, 1.807) is 18.0 Å². The third-order valence-electron chi connectivity index (χ3n) is 3.39. The van der Waals surface area contributed by atoms with Crippen LogP contribution in [0.2, 0.25) is 5.02 Å². The summed E-state index contributed by atoms with van der Waals surface area (Å²) >= 11 is 6.17. The standard InChI is InChI=1S/C16H23ClN2O2/c1-4-8-15(20)19(14(5-2)16(21)18-3)11-12-9-6-7-10-13(12)17/h6-7,9-10,14H,4-5,8,11H2,1-3H3,(H,18,21)/t14-/m0/s1. The molecule has 0 aliphatic rings. The summed E-state index contributed by atoms with van der Waals surface area (Å²) in [6.45, 7) is 4.20. The molecule has 5 heteroatoms. The van der Waals surface area contributed by atoms with Crippen LogP contribution in [0.5, 0.6) is 0 Å². The van der Waals surface area contributed by atoms with E-state index in [1.165, 1.54) is 0 Å². The van der Waals surface area contributed by atoms with E-state index in [0.29, 0.717) is 24.4 Å². The second-order valence-corrected chi connectivity index (χ2v) is 5.31. The number of hydrogen-bond acceptors (Lipinski definition) is 2. The molecule has 0 aromatic heterocycles. The molecule has 0 radical (unpaired) electrons. The maximum Gasteiger partial charge on any atom is 0.242 e. The number of hydrogen-bond donors (Lipinski definition) is 1. The summed E-state index contributed by atoms with van der Waals surface area (Å²) in [5.74, 6) is -0.165. The lowest BCUT2D eigenvalue weighted by atomic mass is 10.1. The highest BCUT2D eigenvalue weighted by molar-refractivity contribution is 6.31. The lowest BCUT2D eigenvalue weighted by Crippen LogP contribution is -2.48. The number of carbonyl (C=O) groups is 2. The van der Waals surface area contributed by atoms with Gasteiger partial charge in [0.2, 0.25) is 11.8 Å². The summed E-state index contributed by atoms with van der Waals surface area (Å²) in [4.78, 5) is 26.0. The lowest BCUT2D eigenvalue weighted by Gasteiger charge is -2.30. The van der Waals surface area contributed by atoms with Gasteiger partial charge in [0, 0.05) is 25.0 Å². The topological polar surface area (TPSA) is 49.4 Å². The van der Waals surface area contributed by atoms with Crippen molar-refractivity contribution in [3.05, 3.63) is 34.9 Å². The van der Waals surface area contributed by atoms with Crippen molar-refractivity contribution in [2.75, 3.05) is 7.05 Å². The molecule has 116 valence electrons. The molecule has 2 amide bonds. The molecule has 1 aromatic rings. The van der Waals surface area contributed by atoms with E-state index >= 15 is 0 Å². The van der Waals surface area contributed by atoms with E-state index in [9.17, 15) is 9.59 Å². The first-order valence-electron chi connectivity index (χ1n) is 7.29. The second kappa shape index (κ2) is 8.67. The van der Waals surface area contributed by atoms with E-state index in [0.717, 1.165) is 12.0 Å². The van der Waals surface area contributed by atoms with Crippen LogP contribution in [-0.2, 0) is 16.1 Å². The number of nitrogens with zero attached hydrogens (tertiary/aromatic N) is 1. The van der Waals surface area contributed by atoms with Gasteiger partial charge in [-0.15, -0.1) is 0 Å². The third-order valence-corrected chi connectivity index (χ3v) is 3.76. The Morgan fingerprint density at radius 3 is 2.48 bits per heavy atom. The fourth-order valence-corrected chi connectivity index (χ4v) is 2.45. The number of amides is 2. The monoisotopic (exact) mass is 310 g/mol. The maximum atomic E-state index is 12.4. The van der Waals surface area contributed by atoms with Gasteiger partial charge in [-0.25, -0.2) is 0 Å². The summed E-state index contributed by atoms with van der Waals surface area (Å²) in [5.41, 5.74) is 0.853. The molecule has 4 nitrogen and oxygen atoms in total. The predicted octanol–water partition coefficient (Wildman–Crippen LogP) is 2.99. The van der Waals surface area contributed by atoms with Crippen molar-refractivity contribution in [1.29, 1.82) is 0 Å². The van der Waals surface area contributed by atoms with Crippen molar-refractivity contribution in [3.63, 3.8) is 0 Å². The zero-order valence-corrected chi connectivity index (χ0v) is 13.6. The molecule has 1 atom stereocenters. The van der Waals surface area contributed by atoms with Crippen LogP contribution in [-0.4, -0.2) is 29.8 Å². The van der Waals surface area contributed by atoms with E-state index in [1.807, 2.05) is 32.0 Å². The molecule has 0 saturated carbocycles. The van der Waals surface area contributed by atoms with E-state index < -0.39 is 6.04 Å². The fourth-order valence-electron chi connectivity index (χ4n) is 2.25. The minimum absolute atomic E-state index is 0.0205. The van der Waals surface area contributed by atoms with E-state index in [-0.39, 0.29) is 11.8 Å². The molecule has 0 saturated heterocycles. The van der Waals surface area contributed by atoms with E-state index in [4.69, 9.17) is 11.6 Å². The number of carbonyl (C=O) groups excluding carboxylic acids is 2. The summed E-state index contributed by atoms with van der Waals surface area (Å²) in [5, 5.41) is 3.24. The normalized spacial score (nSPS) is 11.8. The van der Waals surface area contributed by atoms with Crippen LogP contribution in [0, 0.1) is 0 Å². The van der Waals surface area contributed by atoms with Crippen LogP contribution in [0.1, 0.15) is 38.7 Å². The number of nitrogens with one attached hydrogen (secondary N) is 1. The van der Waals surface area contributed by atoms with Gasteiger partial charge >= 0.3 is 0 Å². The van der Waals surface area contributed by atoms with Crippen LogP contribution >= 0.6 is 11.6 Å². The Labute approximate surface area is 131 Å². The van der Waals surface area contributed by atoms with Crippen molar-refractivity contribution >= 4 is 23.4 Å². The minimum atomic E-state index is -0.467.